The van der Waals surface area contributed by atoms with Crippen molar-refractivity contribution in [2.24, 2.45) is 4.99 Å². The predicted molar refractivity (Wildman–Crippen MR) is 116 cm³/mol. The van der Waals surface area contributed by atoms with E-state index >= 15 is 0 Å². The van der Waals surface area contributed by atoms with E-state index in [1.807, 2.05) is 6.92 Å². The summed E-state index contributed by atoms with van der Waals surface area (Å²) in [6, 6.07) is 8.78. The minimum absolute atomic E-state index is 0.400. The van der Waals surface area contributed by atoms with Gasteiger partial charge in [0, 0.05) is 19.2 Å². The van der Waals surface area contributed by atoms with Crippen molar-refractivity contribution in [2.75, 3.05) is 32.8 Å². The van der Waals surface area contributed by atoms with Gasteiger partial charge in [0.25, 0.3) is 0 Å². The monoisotopic (exact) mass is 376 g/mol. The molecule has 5 nitrogen and oxygen atoms in total. The molecule has 0 radical (unpaired) electrons. The number of benzene rings is 1. The van der Waals surface area contributed by atoms with Crippen molar-refractivity contribution < 1.29 is 4.74 Å². The van der Waals surface area contributed by atoms with Gasteiger partial charge in [-0.05, 0) is 64.4 Å². The van der Waals surface area contributed by atoms with E-state index in [4.69, 9.17) is 9.73 Å². The normalized spacial score (nSPS) is 13.0. The highest BCUT2D eigenvalue weighted by atomic mass is 16.5. The fourth-order valence-corrected chi connectivity index (χ4v) is 3.02. The summed E-state index contributed by atoms with van der Waals surface area (Å²) < 4.78 is 5.58. The molecule has 0 saturated heterocycles. The van der Waals surface area contributed by atoms with Crippen LogP contribution in [0, 0.1) is 0 Å². The van der Waals surface area contributed by atoms with E-state index in [9.17, 15) is 0 Å². The van der Waals surface area contributed by atoms with Crippen molar-refractivity contribution in [1.82, 2.24) is 15.5 Å². The number of nitrogens with zero attached hydrogens (tertiary/aromatic N) is 2. The van der Waals surface area contributed by atoms with Crippen LogP contribution >= 0.6 is 0 Å². The quantitative estimate of drug-likeness (QED) is 0.406. The summed E-state index contributed by atoms with van der Waals surface area (Å²) in [5.74, 6) is 0.888. The fourth-order valence-electron chi connectivity index (χ4n) is 3.02. The highest BCUT2D eigenvalue weighted by molar-refractivity contribution is 5.80. The summed E-state index contributed by atoms with van der Waals surface area (Å²) >= 11 is 0. The molecule has 1 unspecified atom stereocenters. The average molecular weight is 377 g/mol. The predicted octanol–water partition coefficient (Wildman–Crippen LogP) is 3.79. The van der Waals surface area contributed by atoms with Gasteiger partial charge in [-0.25, -0.2) is 4.99 Å². The van der Waals surface area contributed by atoms with Gasteiger partial charge >= 0.3 is 0 Å². The van der Waals surface area contributed by atoms with E-state index in [2.05, 4.69) is 67.5 Å². The molecule has 27 heavy (non-hydrogen) atoms. The van der Waals surface area contributed by atoms with Gasteiger partial charge in [0.15, 0.2) is 5.96 Å². The van der Waals surface area contributed by atoms with Crippen molar-refractivity contribution >= 4 is 5.96 Å². The lowest BCUT2D eigenvalue weighted by Crippen LogP contribution is -2.42. The van der Waals surface area contributed by atoms with E-state index in [1.54, 1.807) is 0 Å². The van der Waals surface area contributed by atoms with Crippen LogP contribution in [0.1, 0.15) is 58.6 Å². The molecule has 0 bridgehead atoms. The minimum atomic E-state index is 0.400. The van der Waals surface area contributed by atoms with Crippen molar-refractivity contribution in [3.8, 4) is 0 Å². The third-order valence-corrected chi connectivity index (χ3v) is 4.72. The van der Waals surface area contributed by atoms with Crippen LogP contribution in [0.3, 0.4) is 0 Å². The number of ether oxygens (including phenoxy) is 1. The summed E-state index contributed by atoms with van der Waals surface area (Å²) in [6.07, 6.45) is 2.34. The van der Waals surface area contributed by atoms with Gasteiger partial charge in [-0.3, -0.25) is 0 Å². The lowest BCUT2D eigenvalue weighted by atomic mass is 10.1. The second kappa shape index (κ2) is 14.5. The summed E-state index contributed by atoms with van der Waals surface area (Å²) in [5, 5.41) is 6.91. The molecular weight excluding hydrogens is 336 g/mol. The van der Waals surface area contributed by atoms with Crippen LogP contribution in [0.2, 0.25) is 0 Å². The Morgan fingerprint density at radius 2 is 1.81 bits per heavy atom. The molecular formula is C22H40N4O. The molecule has 1 rings (SSSR count). The van der Waals surface area contributed by atoms with Crippen LogP contribution in [0.25, 0.3) is 0 Å². The molecule has 1 aromatic carbocycles. The van der Waals surface area contributed by atoms with Crippen molar-refractivity contribution in [2.45, 2.75) is 66.7 Å². The van der Waals surface area contributed by atoms with Crippen LogP contribution in [-0.4, -0.2) is 49.7 Å². The number of aliphatic imine (C=N–C) groups is 1. The van der Waals surface area contributed by atoms with Gasteiger partial charge in [0.05, 0.1) is 13.2 Å². The Labute approximate surface area is 166 Å². The molecule has 0 aliphatic carbocycles. The second-order valence-corrected chi connectivity index (χ2v) is 6.82. The third-order valence-electron chi connectivity index (χ3n) is 4.72. The highest BCUT2D eigenvalue weighted by Crippen LogP contribution is 2.11. The van der Waals surface area contributed by atoms with Gasteiger partial charge in [0.2, 0.25) is 0 Å². The molecule has 0 fully saturated rings. The molecule has 0 amide bonds. The number of hydrogen-bond acceptors (Lipinski definition) is 3. The van der Waals surface area contributed by atoms with Gasteiger partial charge in [-0.2, -0.15) is 0 Å². The smallest absolute Gasteiger partial charge is 0.191 e. The molecule has 0 spiro atoms. The fraction of sp³-hybridized carbons (Fsp3) is 0.682. The Hall–Kier alpha value is -1.59. The maximum absolute atomic E-state index is 5.58. The molecule has 5 heteroatoms. The Balaban J connectivity index is 2.59. The molecule has 2 N–H and O–H groups in total. The lowest BCUT2D eigenvalue weighted by molar-refractivity contribution is 0.133. The topological polar surface area (TPSA) is 48.9 Å². The van der Waals surface area contributed by atoms with Crippen LogP contribution in [-0.2, 0) is 17.9 Å². The van der Waals surface area contributed by atoms with Crippen molar-refractivity contribution in [3.63, 3.8) is 0 Å². The molecule has 0 aliphatic heterocycles. The molecule has 154 valence electrons. The van der Waals surface area contributed by atoms with Crippen LogP contribution < -0.4 is 10.6 Å². The number of guanidine groups is 1. The van der Waals surface area contributed by atoms with Crippen LogP contribution in [0.15, 0.2) is 29.3 Å². The third kappa shape index (κ3) is 9.78. The van der Waals surface area contributed by atoms with E-state index in [0.717, 1.165) is 45.2 Å². The number of nitrogens with one attached hydrogen (secondary N) is 2. The van der Waals surface area contributed by atoms with Gasteiger partial charge < -0.3 is 20.3 Å². The molecule has 1 aromatic rings. The zero-order valence-electron chi connectivity index (χ0n) is 18.1. The highest BCUT2D eigenvalue weighted by Gasteiger charge is 2.07. The zero-order chi connectivity index (χ0) is 19.9. The molecule has 0 aliphatic rings. The second-order valence-electron chi connectivity index (χ2n) is 6.82. The van der Waals surface area contributed by atoms with E-state index in [1.165, 1.54) is 17.5 Å². The Bertz CT molecular complexity index is 529. The Morgan fingerprint density at radius 3 is 2.44 bits per heavy atom. The summed E-state index contributed by atoms with van der Waals surface area (Å²) in [4.78, 5) is 7.27. The van der Waals surface area contributed by atoms with E-state index in [-0.39, 0.29) is 0 Å². The minimum Gasteiger partial charge on any atom is -0.377 e. The molecule has 1 atom stereocenters. The van der Waals surface area contributed by atoms with Gasteiger partial charge in [0.1, 0.15) is 0 Å². The first-order valence-corrected chi connectivity index (χ1v) is 10.6. The SMILES string of the molecule is CCNC(=NCc1ccccc1COCC)NC(C)CCCN(CC)CC. The first kappa shape index (κ1) is 23.4. The van der Waals surface area contributed by atoms with Crippen molar-refractivity contribution in [1.29, 1.82) is 0 Å². The summed E-state index contributed by atoms with van der Waals surface area (Å²) in [5.41, 5.74) is 2.43. The summed E-state index contributed by atoms with van der Waals surface area (Å²) in [6.45, 7) is 17.1. The standard InChI is InChI=1S/C22H40N4O/c1-6-23-22(25-19(5)13-12-16-26(7-2)8-3)24-17-20-14-10-11-15-21(20)18-27-9-4/h10-11,14-15,19H,6-9,12-13,16-18H2,1-5H3,(H2,23,24,25). The first-order valence-electron chi connectivity index (χ1n) is 10.6. The van der Waals surface area contributed by atoms with Crippen LogP contribution in [0.5, 0.6) is 0 Å². The maximum Gasteiger partial charge on any atom is 0.191 e. The van der Waals surface area contributed by atoms with Crippen LogP contribution in [0.4, 0.5) is 0 Å². The molecule has 0 heterocycles. The van der Waals surface area contributed by atoms with Crippen molar-refractivity contribution in [3.05, 3.63) is 35.4 Å². The number of hydrogen-bond donors (Lipinski definition) is 2. The van der Waals surface area contributed by atoms with Gasteiger partial charge in [-0.1, -0.05) is 38.1 Å². The number of rotatable bonds is 13. The summed E-state index contributed by atoms with van der Waals surface area (Å²) in [7, 11) is 0. The van der Waals surface area contributed by atoms with E-state index < -0.39 is 0 Å². The zero-order valence-corrected chi connectivity index (χ0v) is 18.1. The lowest BCUT2D eigenvalue weighted by Gasteiger charge is -2.21. The average Bonchev–Trinajstić information content (AvgIpc) is 2.68. The largest absolute Gasteiger partial charge is 0.377 e. The van der Waals surface area contributed by atoms with E-state index in [0.29, 0.717) is 19.2 Å². The Morgan fingerprint density at radius 1 is 1.11 bits per heavy atom. The molecule has 0 saturated carbocycles. The Kier molecular flexibility index (Phi) is 12.6. The molecule has 0 aromatic heterocycles. The maximum atomic E-state index is 5.58. The first-order chi connectivity index (χ1) is 13.1. The van der Waals surface area contributed by atoms with Gasteiger partial charge in [-0.15, -0.1) is 0 Å².